The van der Waals surface area contributed by atoms with E-state index in [1.807, 2.05) is 0 Å². The molecule has 1 fully saturated rings. The number of hydrogen-bond donors (Lipinski definition) is 1. The van der Waals surface area contributed by atoms with Crippen LogP contribution in [0.2, 0.25) is 0 Å². The highest BCUT2D eigenvalue weighted by Gasteiger charge is 2.26. The maximum absolute atomic E-state index is 11.1. The Morgan fingerprint density at radius 2 is 2.27 bits per heavy atom. The lowest BCUT2D eigenvalue weighted by molar-refractivity contribution is 0.439. The number of hydrogen-bond acceptors (Lipinski definition) is 2. The van der Waals surface area contributed by atoms with Crippen LogP contribution in [0.4, 0.5) is 0 Å². The molecule has 0 unspecified atom stereocenters. The molecule has 1 rings (SSSR count). The molecule has 0 amide bonds. The Balaban J connectivity index is 2.45. The van der Waals surface area contributed by atoms with E-state index in [9.17, 15) is 8.42 Å². The molecular formula is C6H14N2O2S. The van der Waals surface area contributed by atoms with Crippen LogP contribution in [-0.2, 0) is 10.2 Å². The average molecular weight is 178 g/mol. The second kappa shape index (κ2) is 3.51. The zero-order valence-electron chi connectivity index (χ0n) is 6.71. The third-order valence-corrected chi connectivity index (χ3v) is 3.36. The van der Waals surface area contributed by atoms with E-state index < -0.39 is 10.2 Å². The largest absolute Gasteiger partial charge is 0.279 e. The first kappa shape index (κ1) is 8.96. The summed E-state index contributed by atoms with van der Waals surface area (Å²) in [5.41, 5.74) is 0. The van der Waals surface area contributed by atoms with Crippen molar-refractivity contribution in [2.75, 3.05) is 19.6 Å². The van der Waals surface area contributed by atoms with Gasteiger partial charge < -0.3 is 0 Å². The quantitative estimate of drug-likeness (QED) is 0.658. The van der Waals surface area contributed by atoms with Gasteiger partial charge in [0.15, 0.2) is 0 Å². The number of nitrogens with one attached hydrogen (secondary N) is 1. The van der Waals surface area contributed by atoms with Crippen molar-refractivity contribution in [2.24, 2.45) is 0 Å². The van der Waals surface area contributed by atoms with Gasteiger partial charge in [-0.25, -0.2) is 4.72 Å². The molecule has 4 nitrogen and oxygen atoms in total. The van der Waals surface area contributed by atoms with Gasteiger partial charge in [-0.15, -0.1) is 0 Å². The molecule has 0 aliphatic carbocycles. The van der Waals surface area contributed by atoms with Crippen LogP contribution in [0.5, 0.6) is 0 Å². The summed E-state index contributed by atoms with van der Waals surface area (Å²) in [5, 5.41) is 0. The monoisotopic (exact) mass is 178 g/mol. The van der Waals surface area contributed by atoms with Gasteiger partial charge >= 0.3 is 0 Å². The molecule has 5 heteroatoms. The summed E-state index contributed by atoms with van der Waals surface area (Å²) < 4.78 is 26.1. The van der Waals surface area contributed by atoms with Gasteiger partial charge in [0.2, 0.25) is 0 Å². The predicted molar refractivity (Wildman–Crippen MR) is 43.4 cm³/mol. The van der Waals surface area contributed by atoms with E-state index in [2.05, 4.69) is 11.6 Å². The van der Waals surface area contributed by atoms with Crippen molar-refractivity contribution in [1.82, 2.24) is 9.03 Å². The zero-order chi connectivity index (χ0) is 8.32. The van der Waals surface area contributed by atoms with Crippen LogP contribution in [0.15, 0.2) is 0 Å². The maximum Gasteiger partial charge on any atom is 0.279 e. The van der Waals surface area contributed by atoms with Gasteiger partial charge in [0.05, 0.1) is 0 Å². The molecular weight excluding hydrogens is 164 g/mol. The zero-order valence-corrected chi connectivity index (χ0v) is 7.52. The average Bonchev–Trinajstić information content (AvgIpc) is 2.25. The highest BCUT2D eigenvalue weighted by molar-refractivity contribution is 7.87. The first-order valence-electron chi connectivity index (χ1n) is 3.91. The Bertz CT molecular complexity index is 213. The number of rotatable bonds is 3. The van der Waals surface area contributed by atoms with E-state index in [1.54, 1.807) is 0 Å². The Morgan fingerprint density at radius 3 is 2.73 bits per heavy atom. The summed E-state index contributed by atoms with van der Waals surface area (Å²) in [7, 11) is -3.08. The predicted octanol–water partition coefficient (Wildman–Crippen LogP) is -0.0635. The molecule has 0 spiro atoms. The van der Waals surface area contributed by atoms with Crippen LogP contribution < -0.4 is 4.72 Å². The van der Waals surface area contributed by atoms with Gasteiger partial charge in [-0.3, -0.25) is 0 Å². The summed E-state index contributed by atoms with van der Waals surface area (Å²) in [6.45, 7) is 3.90. The first-order chi connectivity index (χ1) is 5.17. The number of nitrogens with zero attached hydrogens (tertiary/aromatic N) is 1. The summed E-state index contributed by atoms with van der Waals surface area (Å²) >= 11 is 0. The molecule has 1 saturated heterocycles. The lowest BCUT2D eigenvalue weighted by atomic mass is 10.3. The van der Waals surface area contributed by atoms with E-state index in [0.29, 0.717) is 19.6 Å². The fourth-order valence-electron chi connectivity index (χ4n) is 1.08. The van der Waals surface area contributed by atoms with E-state index in [4.69, 9.17) is 0 Å². The maximum atomic E-state index is 11.1. The summed E-state index contributed by atoms with van der Waals surface area (Å²) in [6.07, 6.45) is 1.98. The lowest BCUT2D eigenvalue weighted by Crippen LogP contribution is -2.30. The second-order valence-corrected chi connectivity index (χ2v) is 4.41. The smallest absolute Gasteiger partial charge is 0.201 e. The molecule has 11 heavy (non-hydrogen) atoms. The van der Waals surface area contributed by atoms with Gasteiger partial charge in [-0.1, -0.05) is 13.3 Å². The van der Waals surface area contributed by atoms with Crippen molar-refractivity contribution in [3.63, 3.8) is 0 Å². The fraction of sp³-hybridized carbons (Fsp3) is 1.00. The molecule has 1 heterocycles. The summed E-state index contributed by atoms with van der Waals surface area (Å²) in [6, 6.07) is 0. The summed E-state index contributed by atoms with van der Waals surface area (Å²) in [4.78, 5) is 0. The van der Waals surface area contributed by atoms with E-state index in [0.717, 1.165) is 12.8 Å². The van der Waals surface area contributed by atoms with Crippen molar-refractivity contribution < 1.29 is 8.42 Å². The lowest BCUT2D eigenvalue weighted by Gasteiger charge is -2.11. The minimum Gasteiger partial charge on any atom is -0.201 e. The van der Waals surface area contributed by atoms with Crippen molar-refractivity contribution in [1.29, 1.82) is 0 Å². The Morgan fingerprint density at radius 1 is 1.55 bits per heavy atom. The second-order valence-electron chi connectivity index (χ2n) is 2.65. The molecule has 0 aromatic rings. The molecule has 0 atom stereocenters. The molecule has 0 aromatic heterocycles. The van der Waals surface area contributed by atoms with Gasteiger partial charge in [-0.05, 0) is 6.42 Å². The Hall–Kier alpha value is -0.130. The Labute approximate surface area is 67.8 Å². The van der Waals surface area contributed by atoms with Crippen LogP contribution in [0.3, 0.4) is 0 Å². The highest BCUT2D eigenvalue weighted by Crippen LogP contribution is 2.05. The van der Waals surface area contributed by atoms with Crippen LogP contribution in [-0.4, -0.2) is 32.4 Å². The van der Waals surface area contributed by atoms with Gasteiger partial charge in [0, 0.05) is 19.6 Å². The minimum atomic E-state index is -3.08. The summed E-state index contributed by atoms with van der Waals surface area (Å²) in [5.74, 6) is 0. The van der Waals surface area contributed by atoms with Crippen LogP contribution in [0, 0.1) is 0 Å². The Kier molecular flexibility index (Phi) is 2.86. The molecule has 1 N–H and O–H groups in total. The molecule has 1 aliphatic heterocycles. The van der Waals surface area contributed by atoms with Crippen molar-refractivity contribution in [3.8, 4) is 0 Å². The standard InChI is InChI=1S/C6H14N2O2S/c1-2-3-5-8-6-4-7-11(8,9)10/h7H,2-6H2,1H3. The van der Waals surface area contributed by atoms with Crippen LogP contribution in [0.1, 0.15) is 19.8 Å². The molecule has 0 bridgehead atoms. The van der Waals surface area contributed by atoms with E-state index >= 15 is 0 Å². The molecule has 66 valence electrons. The topological polar surface area (TPSA) is 49.4 Å². The van der Waals surface area contributed by atoms with Gasteiger partial charge in [0.25, 0.3) is 10.2 Å². The van der Waals surface area contributed by atoms with Crippen LogP contribution >= 0.6 is 0 Å². The van der Waals surface area contributed by atoms with E-state index in [1.165, 1.54) is 4.31 Å². The van der Waals surface area contributed by atoms with Gasteiger partial charge in [0.1, 0.15) is 0 Å². The molecule has 0 radical (unpaired) electrons. The molecule has 1 aliphatic rings. The number of unbranched alkanes of at least 4 members (excludes halogenated alkanes) is 1. The first-order valence-corrected chi connectivity index (χ1v) is 5.35. The van der Waals surface area contributed by atoms with Gasteiger partial charge in [-0.2, -0.15) is 12.7 Å². The fourth-order valence-corrected chi connectivity index (χ4v) is 2.31. The third kappa shape index (κ3) is 2.15. The molecule has 0 aromatic carbocycles. The SMILES string of the molecule is CCCCN1CCNS1(=O)=O. The molecule has 0 saturated carbocycles. The highest BCUT2D eigenvalue weighted by atomic mass is 32.2. The van der Waals surface area contributed by atoms with Crippen LogP contribution in [0.25, 0.3) is 0 Å². The normalized spacial score (nSPS) is 24.1. The van der Waals surface area contributed by atoms with Crippen molar-refractivity contribution in [2.45, 2.75) is 19.8 Å². The minimum absolute atomic E-state index is 0.562. The van der Waals surface area contributed by atoms with E-state index in [-0.39, 0.29) is 0 Å². The van der Waals surface area contributed by atoms with Crippen molar-refractivity contribution in [3.05, 3.63) is 0 Å². The van der Waals surface area contributed by atoms with Crippen molar-refractivity contribution >= 4 is 10.2 Å². The third-order valence-electron chi connectivity index (χ3n) is 1.75.